The van der Waals surface area contributed by atoms with Gasteiger partial charge in [0.05, 0.1) is 6.61 Å². The first-order chi connectivity index (χ1) is 8.77. The molecule has 0 amide bonds. The Labute approximate surface area is 115 Å². The lowest BCUT2D eigenvalue weighted by Crippen LogP contribution is -2.54. The van der Waals surface area contributed by atoms with E-state index in [-0.39, 0.29) is 29.9 Å². The van der Waals surface area contributed by atoms with Crippen LogP contribution in [0, 0.1) is 11.2 Å². The fourth-order valence-electron chi connectivity index (χ4n) is 2.12. The van der Waals surface area contributed by atoms with Crippen LogP contribution in [0.3, 0.4) is 0 Å². The summed E-state index contributed by atoms with van der Waals surface area (Å²) in [6, 6.07) is 6.30. The molecule has 0 radical (unpaired) electrons. The Kier molecular flexibility index (Phi) is 5.47. The first kappa shape index (κ1) is 16.1. The Morgan fingerprint density at radius 3 is 2.37 bits per heavy atom. The van der Waals surface area contributed by atoms with Crippen LogP contribution in [0.15, 0.2) is 24.3 Å². The first-order valence-corrected chi connectivity index (χ1v) is 6.57. The molecule has 3 nitrogen and oxygen atoms in total. The van der Waals surface area contributed by atoms with Crippen molar-refractivity contribution in [2.45, 2.75) is 39.4 Å². The summed E-state index contributed by atoms with van der Waals surface area (Å²) in [4.78, 5) is 1.91. The molecule has 1 aromatic rings. The monoisotopic (exact) mass is 268 g/mol. The van der Waals surface area contributed by atoms with Gasteiger partial charge in [0.1, 0.15) is 5.82 Å². The van der Waals surface area contributed by atoms with Gasteiger partial charge in [0, 0.05) is 24.2 Å². The third-order valence-electron chi connectivity index (χ3n) is 3.55. The molecule has 0 bridgehead atoms. The van der Waals surface area contributed by atoms with Crippen molar-refractivity contribution in [3.8, 4) is 0 Å². The summed E-state index contributed by atoms with van der Waals surface area (Å²) >= 11 is 0. The van der Waals surface area contributed by atoms with Gasteiger partial charge >= 0.3 is 0 Å². The molecule has 3 N–H and O–H groups in total. The second-order valence-corrected chi connectivity index (χ2v) is 6.15. The van der Waals surface area contributed by atoms with Crippen molar-refractivity contribution in [3.63, 3.8) is 0 Å². The maximum atomic E-state index is 13.6. The highest BCUT2D eigenvalue weighted by atomic mass is 19.1. The average molecular weight is 268 g/mol. The molecule has 2 atom stereocenters. The zero-order valence-electron chi connectivity index (χ0n) is 12.2. The summed E-state index contributed by atoms with van der Waals surface area (Å²) in [6.45, 7) is 6.51. The van der Waals surface area contributed by atoms with Crippen molar-refractivity contribution >= 4 is 0 Å². The largest absolute Gasteiger partial charge is 0.395 e. The van der Waals surface area contributed by atoms with Crippen LogP contribution in [-0.2, 0) is 6.54 Å². The zero-order chi connectivity index (χ0) is 14.6. The van der Waals surface area contributed by atoms with Crippen LogP contribution in [-0.4, -0.2) is 35.7 Å². The average Bonchev–Trinajstić information content (AvgIpc) is 2.31. The lowest BCUT2D eigenvalue weighted by molar-refractivity contribution is 0.0836. The second-order valence-electron chi connectivity index (χ2n) is 6.15. The molecule has 0 spiro atoms. The summed E-state index contributed by atoms with van der Waals surface area (Å²) in [5, 5.41) is 9.56. The topological polar surface area (TPSA) is 49.5 Å². The summed E-state index contributed by atoms with van der Waals surface area (Å²) in [5.74, 6) is -0.227. The zero-order valence-corrected chi connectivity index (χ0v) is 12.2. The van der Waals surface area contributed by atoms with Crippen LogP contribution in [0.25, 0.3) is 0 Å². The smallest absolute Gasteiger partial charge is 0.127 e. The number of rotatable bonds is 5. The summed E-state index contributed by atoms with van der Waals surface area (Å²) in [7, 11) is 1.86. The van der Waals surface area contributed by atoms with Gasteiger partial charge in [0.15, 0.2) is 0 Å². The molecule has 0 aromatic heterocycles. The van der Waals surface area contributed by atoms with Gasteiger partial charge in [0.25, 0.3) is 0 Å². The molecule has 108 valence electrons. The van der Waals surface area contributed by atoms with Gasteiger partial charge in [-0.25, -0.2) is 4.39 Å². The van der Waals surface area contributed by atoms with Gasteiger partial charge < -0.3 is 10.8 Å². The molecule has 0 aliphatic carbocycles. The number of benzene rings is 1. The molecule has 19 heavy (non-hydrogen) atoms. The van der Waals surface area contributed by atoms with Gasteiger partial charge in [-0.15, -0.1) is 0 Å². The van der Waals surface area contributed by atoms with Gasteiger partial charge in [-0.3, -0.25) is 4.90 Å². The Balaban J connectivity index is 2.80. The molecule has 1 aromatic carbocycles. The van der Waals surface area contributed by atoms with E-state index in [1.165, 1.54) is 6.07 Å². The fourth-order valence-corrected chi connectivity index (χ4v) is 2.12. The maximum absolute atomic E-state index is 13.6. The molecule has 2 unspecified atom stereocenters. The molecule has 0 aliphatic heterocycles. The predicted molar refractivity (Wildman–Crippen MR) is 76.2 cm³/mol. The summed E-state index contributed by atoms with van der Waals surface area (Å²) in [6.07, 6.45) is 0. The van der Waals surface area contributed by atoms with Crippen LogP contribution in [0.4, 0.5) is 4.39 Å². The Hall–Kier alpha value is -0.970. The van der Waals surface area contributed by atoms with E-state index in [9.17, 15) is 9.50 Å². The standard InChI is InChI=1S/C15H25FN2O/c1-15(2,3)14(17)13(10-19)18(4)9-11-7-5-6-8-12(11)16/h5-8,13-14,19H,9-10,17H2,1-4H3. The third-order valence-corrected chi connectivity index (χ3v) is 3.55. The summed E-state index contributed by atoms with van der Waals surface area (Å²) < 4.78 is 13.6. The van der Waals surface area contributed by atoms with Gasteiger partial charge in [-0.05, 0) is 18.5 Å². The van der Waals surface area contributed by atoms with E-state index in [1.807, 2.05) is 38.8 Å². The van der Waals surface area contributed by atoms with E-state index in [2.05, 4.69) is 0 Å². The van der Waals surface area contributed by atoms with Crippen LogP contribution >= 0.6 is 0 Å². The highest BCUT2D eigenvalue weighted by Crippen LogP contribution is 2.23. The molecule has 0 fully saturated rings. The number of aliphatic hydroxyl groups excluding tert-OH is 1. The molecule has 0 aliphatic rings. The molecule has 1 rings (SSSR count). The third kappa shape index (κ3) is 4.27. The number of likely N-dealkylation sites (N-methyl/N-ethyl adjacent to an activating group) is 1. The normalized spacial score (nSPS) is 15.6. The molecule has 4 heteroatoms. The van der Waals surface area contributed by atoms with Crippen molar-refractivity contribution in [1.29, 1.82) is 0 Å². The number of halogens is 1. The van der Waals surface area contributed by atoms with Gasteiger partial charge in [-0.1, -0.05) is 39.0 Å². The van der Waals surface area contributed by atoms with Crippen molar-refractivity contribution in [2.24, 2.45) is 11.1 Å². The van der Waals surface area contributed by atoms with Crippen LogP contribution < -0.4 is 5.73 Å². The molecular formula is C15H25FN2O. The van der Waals surface area contributed by atoms with E-state index in [4.69, 9.17) is 5.73 Å². The van der Waals surface area contributed by atoms with Crippen LogP contribution in [0.2, 0.25) is 0 Å². The van der Waals surface area contributed by atoms with Crippen molar-refractivity contribution in [1.82, 2.24) is 4.90 Å². The minimum Gasteiger partial charge on any atom is -0.395 e. The Bertz CT molecular complexity index is 403. The van der Waals surface area contributed by atoms with Crippen molar-refractivity contribution < 1.29 is 9.50 Å². The van der Waals surface area contributed by atoms with E-state index in [0.29, 0.717) is 12.1 Å². The first-order valence-electron chi connectivity index (χ1n) is 6.57. The van der Waals surface area contributed by atoms with E-state index >= 15 is 0 Å². The molecule has 0 saturated heterocycles. The maximum Gasteiger partial charge on any atom is 0.127 e. The minimum atomic E-state index is -0.227. The van der Waals surface area contributed by atoms with Crippen LogP contribution in [0.5, 0.6) is 0 Å². The Morgan fingerprint density at radius 2 is 1.89 bits per heavy atom. The van der Waals surface area contributed by atoms with Gasteiger partial charge in [0.2, 0.25) is 0 Å². The SMILES string of the molecule is CN(Cc1ccccc1F)C(CO)C(N)C(C)(C)C. The number of hydrogen-bond donors (Lipinski definition) is 2. The van der Waals surface area contributed by atoms with Crippen molar-refractivity contribution in [2.75, 3.05) is 13.7 Å². The molecule has 0 saturated carbocycles. The fraction of sp³-hybridized carbons (Fsp3) is 0.600. The quantitative estimate of drug-likeness (QED) is 0.858. The van der Waals surface area contributed by atoms with Crippen LogP contribution in [0.1, 0.15) is 26.3 Å². The minimum absolute atomic E-state index is 0.0383. The van der Waals surface area contributed by atoms with Gasteiger partial charge in [-0.2, -0.15) is 0 Å². The van der Waals surface area contributed by atoms with E-state index in [0.717, 1.165) is 0 Å². The highest BCUT2D eigenvalue weighted by molar-refractivity contribution is 5.17. The molecule has 0 heterocycles. The number of nitrogens with zero attached hydrogens (tertiary/aromatic N) is 1. The lowest BCUT2D eigenvalue weighted by atomic mass is 9.82. The van der Waals surface area contributed by atoms with Crippen molar-refractivity contribution in [3.05, 3.63) is 35.6 Å². The summed E-state index contributed by atoms with van der Waals surface area (Å²) in [5.41, 5.74) is 6.70. The second kappa shape index (κ2) is 6.46. The predicted octanol–water partition coefficient (Wildman–Crippen LogP) is 1.99. The number of hydrogen-bond acceptors (Lipinski definition) is 3. The lowest BCUT2D eigenvalue weighted by Gasteiger charge is -2.38. The van der Waals surface area contributed by atoms with E-state index < -0.39 is 0 Å². The highest BCUT2D eigenvalue weighted by Gasteiger charge is 2.31. The van der Waals surface area contributed by atoms with E-state index in [1.54, 1.807) is 12.1 Å². The molecular weight excluding hydrogens is 243 g/mol. The Morgan fingerprint density at radius 1 is 1.32 bits per heavy atom. The number of aliphatic hydroxyl groups is 1. The number of nitrogens with two attached hydrogens (primary N) is 1.